The van der Waals surface area contributed by atoms with Gasteiger partial charge in [-0.05, 0) is 19.9 Å². The van der Waals surface area contributed by atoms with E-state index in [1.807, 2.05) is 0 Å². The van der Waals surface area contributed by atoms with Crippen molar-refractivity contribution in [2.24, 2.45) is 0 Å². The first-order valence-corrected chi connectivity index (χ1v) is 5.21. The number of carbonyl (C=O) groups excluding carboxylic acids is 1. The molecule has 1 atom stereocenters. The SMILES string of the molecule is CC(=O)C(C)n1c(=O)oc2ccc([N+](=O)[O-])cc21. The van der Waals surface area contributed by atoms with Crippen LogP contribution in [0, 0.1) is 10.1 Å². The van der Waals surface area contributed by atoms with Crippen molar-refractivity contribution in [1.29, 1.82) is 0 Å². The van der Waals surface area contributed by atoms with E-state index in [-0.39, 0.29) is 22.6 Å². The molecule has 7 nitrogen and oxygen atoms in total. The molecule has 2 aromatic rings. The van der Waals surface area contributed by atoms with Gasteiger partial charge in [-0.2, -0.15) is 0 Å². The van der Waals surface area contributed by atoms with Crippen molar-refractivity contribution in [1.82, 2.24) is 4.57 Å². The highest BCUT2D eigenvalue weighted by Gasteiger charge is 2.20. The Morgan fingerprint density at radius 1 is 1.50 bits per heavy atom. The number of nitrogens with zero attached hydrogens (tertiary/aromatic N) is 2. The Labute approximate surface area is 101 Å². The molecule has 0 aliphatic carbocycles. The normalized spacial score (nSPS) is 12.6. The Morgan fingerprint density at radius 3 is 2.72 bits per heavy atom. The first-order chi connectivity index (χ1) is 8.41. The van der Waals surface area contributed by atoms with E-state index in [4.69, 9.17) is 4.42 Å². The van der Waals surface area contributed by atoms with Crippen molar-refractivity contribution < 1.29 is 14.1 Å². The summed E-state index contributed by atoms with van der Waals surface area (Å²) in [4.78, 5) is 33.1. The first kappa shape index (κ1) is 12.0. The van der Waals surface area contributed by atoms with Gasteiger partial charge >= 0.3 is 5.76 Å². The van der Waals surface area contributed by atoms with Crippen LogP contribution in [0.25, 0.3) is 11.1 Å². The quantitative estimate of drug-likeness (QED) is 0.609. The smallest absolute Gasteiger partial charge is 0.408 e. The maximum Gasteiger partial charge on any atom is 0.420 e. The molecule has 0 aliphatic heterocycles. The second kappa shape index (κ2) is 4.10. The molecular weight excluding hydrogens is 240 g/mol. The van der Waals surface area contributed by atoms with Crippen molar-refractivity contribution in [3.8, 4) is 0 Å². The number of aromatic nitrogens is 1. The lowest BCUT2D eigenvalue weighted by Crippen LogP contribution is -2.23. The van der Waals surface area contributed by atoms with Gasteiger partial charge in [0, 0.05) is 12.1 Å². The maximum absolute atomic E-state index is 11.6. The fourth-order valence-corrected chi connectivity index (χ4v) is 1.68. The van der Waals surface area contributed by atoms with Gasteiger partial charge in [0.2, 0.25) is 0 Å². The Morgan fingerprint density at radius 2 is 2.17 bits per heavy atom. The van der Waals surface area contributed by atoms with E-state index >= 15 is 0 Å². The van der Waals surface area contributed by atoms with E-state index in [1.54, 1.807) is 0 Å². The molecule has 0 fully saturated rings. The summed E-state index contributed by atoms with van der Waals surface area (Å²) in [5.41, 5.74) is 0.309. The summed E-state index contributed by atoms with van der Waals surface area (Å²) in [6.07, 6.45) is 0. The van der Waals surface area contributed by atoms with E-state index in [9.17, 15) is 19.7 Å². The summed E-state index contributed by atoms with van der Waals surface area (Å²) in [6, 6.07) is 3.09. The zero-order chi connectivity index (χ0) is 13.4. The molecule has 1 aromatic heterocycles. The van der Waals surface area contributed by atoms with Crippen LogP contribution in [0.5, 0.6) is 0 Å². The van der Waals surface area contributed by atoms with E-state index in [1.165, 1.54) is 32.0 Å². The highest BCUT2D eigenvalue weighted by molar-refractivity contribution is 5.83. The molecule has 18 heavy (non-hydrogen) atoms. The molecule has 94 valence electrons. The number of ketones is 1. The molecule has 0 N–H and O–H groups in total. The molecule has 2 rings (SSSR count). The van der Waals surface area contributed by atoms with Crippen LogP contribution in [-0.4, -0.2) is 15.3 Å². The third-order valence-electron chi connectivity index (χ3n) is 2.78. The van der Waals surface area contributed by atoms with E-state index in [0.717, 1.165) is 4.57 Å². The van der Waals surface area contributed by atoms with Crippen LogP contribution in [0.4, 0.5) is 5.69 Å². The number of non-ortho nitro benzene ring substituents is 1. The van der Waals surface area contributed by atoms with Crippen LogP contribution in [0.15, 0.2) is 27.4 Å². The van der Waals surface area contributed by atoms with Crippen LogP contribution >= 0.6 is 0 Å². The average Bonchev–Trinajstić information content (AvgIpc) is 2.62. The molecule has 7 heteroatoms. The Kier molecular flexibility index (Phi) is 2.74. The predicted molar refractivity (Wildman–Crippen MR) is 62.5 cm³/mol. The van der Waals surface area contributed by atoms with E-state index in [0.29, 0.717) is 0 Å². The second-order valence-corrected chi connectivity index (χ2v) is 3.93. The molecule has 0 radical (unpaired) electrons. The second-order valence-electron chi connectivity index (χ2n) is 3.93. The lowest BCUT2D eigenvalue weighted by atomic mass is 10.2. The predicted octanol–water partition coefficient (Wildman–Crippen LogP) is 1.65. The van der Waals surface area contributed by atoms with Gasteiger partial charge in [0.15, 0.2) is 11.4 Å². The molecule has 0 spiro atoms. The zero-order valence-electron chi connectivity index (χ0n) is 9.75. The van der Waals surface area contributed by atoms with Crippen LogP contribution in [0.3, 0.4) is 0 Å². The lowest BCUT2D eigenvalue weighted by Gasteiger charge is -2.07. The van der Waals surface area contributed by atoms with Gasteiger partial charge in [0.25, 0.3) is 5.69 Å². The standard InChI is InChI=1S/C11H10N2O5/c1-6(7(2)14)12-9-5-8(13(16)17)3-4-10(9)18-11(12)15/h3-6H,1-2H3. The van der Waals surface area contributed by atoms with Crippen LogP contribution in [-0.2, 0) is 4.79 Å². The maximum atomic E-state index is 11.6. The van der Waals surface area contributed by atoms with Gasteiger partial charge in [0.1, 0.15) is 0 Å². The van der Waals surface area contributed by atoms with Gasteiger partial charge in [-0.25, -0.2) is 4.79 Å². The van der Waals surface area contributed by atoms with Crippen molar-refractivity contribution >= 4 is 22.6 Å². The highest BCUT2D eigenvalue weighted by Crippen LogP contribution is 2.22. The fourth-order valence-electron chi connectivity index (χ4n) is 1.68. The number of rotatable bonds is 3. The molecule has 0 aliphatic rings. The van der Waals surface area contributed by atoms with Gasteiger partial charge < -0.3 is 4.42 Å². The van der Waals surface area contributed by atoms with Crippen LogP contribution < -0.4 is 5.76 Å². The Hall–Kier alpha value is -2.44. The van der Waals surface area contributed by atoms with Gasteiger partial charge in [-0.15, -0.1) is 0 Å². The Balaban J connectivity index is 2.75. The molecule has 0 amide bonds. The third kappa shape index (κ3) is 1.79. The van der Waals surface area contributed by atoms with E-state index in [2.05, 4.69) is 0 Å². The molecule has 1 aromatic carbocycles. The summed E-state index contributed by atoms with van der Waals surface area (Å²) in [5, 5.41) is 10.7. The van der Waals surface area contributed by atoms with Crippen molar-refractivity contribution in [3.05, 3.63) is 38.9 Å². The van der Waals surface area contributed by atoms with Crippen molar-refractivity contribution in [3.63, 3.8) is 0 Å². The minimum absolute atomic E-state index is 0.159. The molecular formula is C11H10N2O5. The molecule has 0 bridgehead atoms. The minimum Gasteiger partial charge on any atom is -0.408 e. The van der Waals surface area contributed by atoms with Crippen molar-refractivity contribution in [2.75, 3.05) is 0 Å². The fraction of sp³-hybridized carbons (Fsp3) is 0.273. The summed E-state index contributed by atoms with van der Waals surface area (Å²) >= 11 is 0. The monoisotopic (exact) mass is 250 g/mol. The van der Waals surface area contributed by atoms with Crippen LogP contribution in [0.1, 0.15) is 19.9 Å². The first-order valence-electron chi connectivity index (χ1n) is 5.21. The Bertz CT molecular complexity index is 697. The lowest BCUT2D eigenvalue weighted by molar-refractivity contribution is -0.384. The molecule has 1 unspecified atom stereocenters. The number of Topliss-reactive ketones (excluding diaryl/α,β-unsaturated/α-hetero) is 1. The summed E-state index contributed by atoms with van der Waals surface area (Å²) in [7, 11) is 0. The number of hydrogen-bond acceptors (Lipinski definition) is 5. The largest absolute Gasteiger partial charge is 0.420 e. The van der Waals surface area contributed by atoms with Crippen molar-refractivity contribution in [2.45, 2.75) is 19.9 Å². The van der Waals surface area contributed by atoms with Gasteiger partial charge in [-0.1, -0.05) is 0 Å². The highest BCUT2D eigenvalue weighted by atomic mass is 16.6. The summed E-state index contributed by atoms with van der Waals surface area (Å²) in [5.74, 6) is -0.931. The topological polar surface area (TPSA) is 95.3 Å². The zero-order valence-corrected chi connectivity index (χ0v) is 9.75. The number of nitro benzene ring substituents is 1. The number of oxazole rings is 1. The number of carbonyl (C=O) groups is 1. The van der Waals surface area contributed by atoms with E-state index < -0.39 is 16.7 Å². The number of nitro groups is 1. The average molecular weight is 250 g/mol. The summed E-state index contributed by atoms with van der Waals surface area (Å²) < 4.78 is 6.05. The number of benzene rings is 1. The molecule has 0 saturated heterocycles. The van der Waals surface area contributed by atoms with Gasteiger partial charge in [0.05, 0.1) is 16.5 Å². The molecule has 0 saturated carbocycles. The minimum atomic E-state index is -0.722. The molecule has 1 heterocycles. The van der Waals surface area contributed by atoms with Crippen LogP contribution in [0.2, 0.25) is 0 Å². The summed E-state index contributed by atoms with van der Waals surface area (Å²) in [6.45, 7) is 2.88. The number of hydrogen-bond donors (Lipinski definition) is 0. The number of fused-ring (bicyclic) bond motifs is 1. The third-order valence-corrected chi connectivity index (χ3v) is 2.78. The van der Waals surface area contributed by atoms with Gasteiger partial charge in [-0.3, -0.25) is 19.5 Å².